The number of hydrogen-bond acceptors (Lipinski definition) is 3. The van der Waals surface area contributed by atoms with Crippen LogP contribution in [0.1, 0.15) is 49.7 Å². The summed E-state index contributed by atoms with van der Waals surface area (Å²) in [6.07, 6.45) is 6.78. The molecule has 4 nitrogen and oxygen atoms in total. The lowest BCUT2D eigenvalue weighted by molar-refractivity contribution is -0.122. The number of amides is 1. The molecule has 0 aromatic heterocycles. The summed E-state index contributed by atoms with van der Waals surface area (Å²) >= 11 is 0. The Balaban J connectivity index is 1.89. The molecule has 1 heterocycles. The van der Waals surface area contributed by atoms with Crippen molar-refractivity contribution in [3.63, 3.8) is 0 Å². The largest absolute Gasteiger partial charge is 0.375 e. The molecule has 2 aromatic carbocycles. The van der Waals surface area contributed by atoms with E-state index >= 15 is 0 Å². The molecular formula is C25H33FN2O2. The fraction of sp³-hybridized carbons (Fsp3) is 0.480. The Hall–Kier alpha value is -2.24. The van der Waals surface area contributed by atoms with Crippen LogP contribution < -0.4 is 4.90 Å². The van der Waals surface area contributed by atoms with Crippen LogP contribution in [0.2, 0.25) is 0 Å². The first-order valence-corrected chi connectivity index (χ1v) is 11.0. The van der Waals surface area contributed by atoms with E-state index in [9.17, 15) is 9.18 Å². The van der Waals surface area contributed by atoms with E-state index in [0.717, 1.165) is 37.1 Å². The first-order chi connectivity index (χ1) is 14.7. The molecule has 0 spiro atoms. The van der Waals surface area contributed by atoms with Crippen molar-refractivity contribution in [2.45, 2.75) is 51.6 Å². The Morgan fingerprint density at radius 1 is 0.933 bits per heavy atom. The van der Waals surface area contributed by atoms with Crippen LogP contribution in [0.4, 0.5) is 10.1 Å². The van der Waals surface area contributed by atoms with Gasteiger partial charge in [-0.25, -0.2) is 4.39 Å². The summed E-state index contributed by atoms with van der Waals surface area (Å²) in [6.45, 7) is 2.93. The number of carbonyl (C=O) groups is 1. The van der Waals surface area contributed by atoms with E-state index in [4.69, 9.17) is 4.74 Å². The maximum atomic E-state index is 14.3. The van der Waals surface area contributed by atoms with E-state index in [1.807, 2.05) is 35.2 Å². The third-order valence-corrected chi connectivity index (χ3v) is 5.70. The molecule has 162 valence electrons. The third-order valence-electron chi connectivity index (χ3n) is 5.70. The minimum Gasteiger partial charge on any atom is -0.375 e. The predicted molar refractivity (Wildman–Crippen MR) is 119 cm³/mol. The first kappa shape index (κ1) is 22.4. The van der Waals surface area contributed by atoms with Crippen LogP contribution in [0.15, 0.2) is 48.5 Å². The van der Waals surface area contributed by atoms with Crippen LogP contribution in [0.25, 0.3) is 0 Å². The van der Waals surface area contributed by atoms with Crippen LogP contribution in [-0.4, -0.2) is 37.6 Å². The van der Waals surface area contributed by atoms with Crippen molar-refractivity contribution in [3.05, 3.63) is 65.5 Å². The quantitative estimate of drug-likeness (QED) is 0.695. The number of rotatable bonds is 4. The number of methoxy groups -OCH3 is 1. The molecule has 0 radical (unpaired) electrons. The van der Waals surface area contributed by atoms with Crippen LogP contribution in [0.5, 0.6) is 0 Å². The van der Waals surface area contributed by atoms with Crippen LogP contribution in [0, 0.1) is 5.82 Å². The number of nitrogens with zero attached hydrogens (tertiary/aromatic N) is 2. The maximum absolute atomic E-state index is 14.3. The van der Waals surface area contributed by atoms with E-state index in [-0.39, 0.29) is 18.3 Å². The molecule has 0 aliphatic carbocycles. The van der Waals surface area contributed by atoms with Gasteiger partial charge in [0.15, 0.2) is 0 Å². The number of fused-ring (bicyclic) bond motifs is 1. The fourth-order valence-electron chi connectivity index (χ4n) is 4.12. The lowest BCUT2D eigenvalue weighted by atomic mass is 10.1. The van der Waals surface area contributed by atoms with Gasteiger partial charge in [-0.15, -0.1) is 0 Å². The Kier molecular flexibility index (Phi) is 8.84. The van der Waals surface area contributed by atoms with Crippen LogP contribution in [0.3, 0.4) is 0 Å². The van der Waals surface area contributed by atoms with Gasteiger partial charge in [-0.1, -0.05) is 62.1 Å². The molecule has 0 atom stereocenters. The molecule has 0 saturated heterocycles. The minimum atomic E-state index is -0.161. The number of para-hydroxylation sites is 1. The number of anilines is 1. The lowest BCUT2D eigenvalue weighted by Gasteiger charge is -2.28. The molecule has 1 aliphatic rings. The standard InChI is InChI=1S/C25H33FN2O2/c1-30-20-25(29)28-17-11-5-3-2-4-10-16-27(18-21-12-6-8-14-23(21)26)19-22-13-7-9-15-24(22)28/h6-9,12-15H,2-5,10-11,16-20H2,1H3. The smallest absolute Gasteiger partial charge is 0.252 e. The lowest BCUT2D eigenvalue weighted by Crippen LogP contribution is -2.36. The predicted octanol–water partition coefficient (Wildman–Crippen LogP) is 5.16. The second kappa shape index (κ2) is 11.8. The van der Waals surface area contributed by atoms with Gasteiger partial charge in [-0.2, -0.15) is 0 Å². The van der Waals surface area contributed by atoms with Gasteiger partial charge in [0.1, 0.15) is 12.4 Å². The molecule has 0 unspecified atom stereocenters. The van der Waals surface area contributed by atoms with Gasteiger partial charge in [0.2, 0.25) is 0 Å². The topological polar surface area (TPSA) is 32.8 Å². The average molecular weight is 413 g/mol. The van der Waals surface area contributed by atoms with Gasteiger partial charge in [0.25, 0.3) is 5.91 Å². The number of ether oxygens (including phenoxy) is 1. The molecule has 0 bridgehead atoms. The van der Waals surface area contributed by atoms with Crippen molar-refractivity contribution in [1.82, 2.24) is 4.90 Å². The Morgan fingerprint density at radius 2 is 1.60 bits per heavy atom. The van der Waals surface area contributed by atoms with Gasteiger partial charge in [-0.05, 0) is 37.1 Å². The van der Waals surface area contributed by atoms with Gasteiger partial charge in [0, 0.05) is 38.0 Å². The summed E-state index contributed by atoms with van der Waals surface area (Å²) in [6, 6.07) is 15.1. The second-order valence-corrected chi connectivity index (χ2v) is 8.03. The van der Waals surface area contributed by atoms with Crippen molar-refractivity contribution < 1.29 is 13.9 Å². The van der Waals surface area contributed by atoms with E-state index in [2.05, 4.69) is 11.0 Å². The molecule has 1 amide bonds. The summed E-state index contributed by atoms with van der Waals surface area (Å²) in [5, 5.41) is 0. The van der Waals surface area contributed by atoms with E-state index in [0.29, 0.717) is 25.2 Å². The highest BCUT2D eigenvalue weighted by Gasteiger charge is 2.20. The van der Waals surface area contributed by atoms with E-state index < -0.39 is 0 Å². The van der Waals surface area contributed by atoms with Crippen LogP contribution in [-0.2, 0) is 22.6 Å². The average Bonchev–Trinajstić information content (AvgIpc) is 2.76. The van der Waals surface area contributed by atoms with Gasteiger partial charge < -0.3 is 9.64 Å². The summed E-state index contributed by atoms with van der Waals surface area (Å²) < 4.78 is 19.4. The van der Waals surface area contributed by atoms with Gasteiger partial charge in [0.05, 0.1) is 0 Å². The van der Waals surface area contributed by atoms with Gasteiger partial charge in [-0.3, -0.25) is 9.69 Å². The summed E-state index contributed by atoms with van der Waals surface area (Å²) in [4.78, 5) is 17.0. The van der Waals surface area contributed by atoms with Crippen molar-refractivity contribution in [3.8, 4) is 0 Å². The molecular weight excluding hydrogens is 379 g/mol. The summed E-state index contributed by atoms with van der Waals surface area (Å²) in [7, 11) is 1.56. The molecule has 0 fully saturated rings. The normalized spacial score (nSPS) is 16.8. The zero-order chi connectivity index (χ0) is 21.2. The molecule has 1 aliphatic heterocycles. The Labute approximate surface area is 179 Å². The molecule has 3 rings (SSSR count). The molecule has 30 heavy (non-hydrogen) atoms. The zero-order valence-electron chi connectivity index (χ0n) is 18.0. The van der Waals surface area contributed by atoms with Crippen molar-refractivity contribution in [1.29, 1.82) is 0 Å². The summed E-state index contributed by atoms with van der Waals surface area (Å²) in [5.74, 6) is -0.175. The van der Waals surface area contributed by atoms with Crippen molar-refractivity contribution in [2.75, 3.05) is 31.7 Å². The van der Waals surface area contributed by atoms with E-state index in [1.54, 1.807) is 13.2 Å². The molecule has 0 N–H and O–H groups in total. The molecule has 0 saturated carbocycles. The third kappa shape index (κ3) is 6.38. The van der Waals surface area contributed by atoms with Gasteiger partial charge >= 0.3 is 0 Å². The number of carbonyl (C=O) groups excluding carboxylic acids is 1. The highest BCUT2D eigenvalue weighted by Crippen LogP contribution is 2.25. The monoisotopic (exact) mass is 412 g/mol. The second-order valence-electron chi connectivity index (χ2n) is 8.03. The molecule has 5 heteroatoms. The zero-order valence-corrected chi connectivity index (χ0v) is 18.0. The number of halogens is 1. The Bertz CT molecular complexity index is 811. The van der Waals surface area contributed by atoms with E-state index in [1.165, 1.54) is 25.3 Å². The van der Waals surface area contributed by atoms with Crippen molar-refractivity contribution >= 4 is 11.6 Å². The Morgan fingerprint density at radius 3 is 2.37 bits per heavy atom. The fourth-order valence-corrected chi connectivity index (χ4v) is 4.12. The summed E-state index contributed by atoms with van der Waals surface area (Å²) in [5.41, 5.74) is 2.75. The number of benzene rings is 2. The van der Waals surface area contributed by atoms with Crippen molar-refractivity contribution in [2.24, 2.45) is 0 Å². The minimum absolute atomic E-state index is 0.0134. The highest BCUT2D eigenvalue weighted by atomic mass is 19.1. The highest BCUT2D eigenvalue weighted by molar-refractivity contribution is 5.95. The maximum Gasteiger partial charge on any atom is 0.252 e. The SMILES string of the molecule is COCC(=O)N1CCCCCCCCN(Cc2ccccc2F)Cc2ccccc21. The van der Waals surface area contributed by atoms with Crippen LogP contribution >= 0.6 is 0 Å². The molecule has 2 aromatic rings. The first-order valence-electron chi connectivity index (χ1n) is 11.0. The number of hydrogen-bond donors (Lipinski definition) is 0.